The van der Waals surface area contributed by atoms with E-state index in [0.29, 0.717) is 6.61 Å². The minimum absolute atomic E-state index is 0.159. The van der Waals surface area contributed by atoms with Crippen LogP contribution in [0.2, 0.25) is 0 Å². The number of hydrogen-bond donors (Lipinski definition) is 0. The maximum Gasteiger partial charge on any atom is 0.302 e. The highest BCUT2D eigenvalue weighted by Crippen LogP contribution is 2.12. The molecule has 0 radical (unpaired) electrons. The van der Waals surface area contributed by atoms with Crippen LogP contribution in [0.3, 0.4) is 0 Å². The van der Waals surface area contributed by atoms with Gasteiger partial charge in [-0.05, 0) is 19.3 Å². The average molecular weight is 268 g/mol. The zero-order chi connectivity index (χ0) is 14.2. The summed E-state index contributed by atoms with van der Waals surface area (Å²) in [6.07, 6.45) is 17.6. The predicted octanol–water partition coefficient (Wildman–Crippen LogP) is 5.42. The number of unbranched alkanes of at least 4 members (excludes halogenated alkanes) is 11. The number of hydrogen-bond acceptors (Lipinski definition) is 2. The van der Waals surface area contributed by atoms with Crippen molar-refractivity contribution in [1.82, 2.24) is 0 Å². The van der Waals surface area contributed by atoms with Crippen molar-refractivity contribution in [2.45, 2.75) is 84.0 Å². The first-order valence-electron chi connectivity index (χ1n) is 8.01. The Morgan fingerprint density at radius 3 is 1.68 bits per heavy atom. The number of ether oxygens (including phenoxy) is 1. The predicted molar refractivity (Wildman–Crippen MR) is 82.2 cm³/mol. The monoisotopic (exact) mass is 268 g/mol. The molecule has 2 heteroatoms. The third-order valence-electron chi connectivity index (χ3n) is 3.36. The topological polar surface area (TPSA) is 26.3 Å². The van der Waals surface area contributed by atoms with Crippen molar-refractivity contribution >= 4 is 5.97 Å². The molecule has 0 bridgehead atoms. The zero-order valence-electron chi connectivity index (χ0n) is 12.8. The molecule has 0 aromatic heterocycles. The van der Waals surface area contributed by atoms with E-state index in [9.17, 15) is 4.79 Å². The Morgan fingerprint density at radius 1 is 0.842 bits per heavy atom. The van der Waals surface area contributed by atoms with E-state index in [-0.39, 0.29) is 5.97 Å². The van der Waals surface area contributed by atoms with Crippen molar-refractivity contribution in [3.8, 4) is 0 Å². The summed E-state index contributed by atoms with van der Waals surface area (Å²) in [5.41, 5.74) is 0. The van der Waals surface area contributed by atoms with Gasteiger partial charge in [-0.3, -0.25) is 4.79 Å². The molecular weight excluding hydrogens is 236 g/mol. The van der Waals surface area contributed by atoms with Gasteiger partial charge < -0.3 is 4.74 Å². The Morgan fingerprint density at radius 2 is 1.26 bits per heavy atom. The summed E-state index contributed by atoms with van der Waals surface area (Å²) in [4.78, 5) is 10.5. The zero-order valence-corrected chi connectivity index (χ0v) is 12.8. The molecule has 0 unspecified atom stereocenters. The van der Waals surface area contributed by atoms with E-state index < -0.39 is 0 Å². The molecule has 0 atom stereocenters. The second-order valence-electron chi connectivity index (χ2n) is 5.31. The molecule has 0 aliphatic heterocycles. The number of carbonyl (C=O) groups excluding carboxylic acids is 1. The molecule has 0 saturated carbocycles. The second-order valence-corrected chi connectivity index (χ2v) is 5.31. The van der Waals surface area contributed by atoms with Crippen molar-refractivity contribution in [3.05, 3.63) is 12.7 Å². The summed E-state index contributed by atoms with van der Waals surface area (Å²) in [5.74, 6) is -0.159. The van der Waals surface area contributed by atoms with E-state index in [1.54, 1.807) is 0 Å². The van der Waals surface area contributed by atoms with Crippen LogP contribution in [0.1, 0.15) is 84.0 Å². The van der Waals surface area contributed by atoms with Gasteiger partial charge in [-0.2, -0.15) is 0 Å². The molecule has 0 aliphatic rings. The van der Waals surface area contributed by atoms with E-state index >= 15 is 0 Å². The fourth-order valence-corrected chi connectivity index (χ4v) is 2.20. The number of rotatable bonds is 14. The summed E-state index contributed by atoms with van der Waals surface area (Å²) in [6, 6.07) is 0. The lowest BCUT2D eigenvalue weighted by Crippen LogP contribution is -2.00. The van der Waals surface area contributed by atoms with Gasteiger partial charge in [0.2, 0.25) is 0 Å². The molecule has 0 fully saturated rings. The van der Waals surface area contributed by atoms with Crippen LogP contribution in [-0.4, -0.2) is 12.6 Å². The second kappa shape index (κ2) is 15.3. The van der Waals surface area contributed by atoms with Crippen LogP contribution >= 0.6 is 0 Å². The third kappa shape index (κ3) is 17.2. The van der Waals surface area contributed by atoms with Crippen molar-refractivity contribution in [2.24, 2.45) is 0 Å². The lowest BCUT2D eigenvalue weighted by atomic mass is 10.1. The Balaban J connectivity index is 2.95. The van der Waals surface area contributed by atoms with Gasteiger partial charge in [0, 0.05) is 6.92 Å². The molecule has 0 rings (SSSR count). The molecule has 0 amide bonds. The summed E-state index contributed by atoms with van der Waals surface area (Å²) >= 11 is 0. The fourth-order valence-electron chi connectivity index (χ4n) is 2.20. The van der Waals surface area contributed by atoms with Crippen LogP contribution in [0.5, 0.6) is 0 Å². The summed E-state index contributed by atoms with van der Waals surface area (Å²) in [7, 11) is 0. The minimum atomic E-state index is -0.159. The molecule has 112 valence electrons. The van der Waals surface area contributed by atoms with Gasteiger partial charge >= 0.3 is 5.97 Å². The molecule has 0 aliphatic carbocycles. The summed E-state index contributed by atoms with van der Waals surface area (Å²) in [5, 5.41) is 0. The molecule has 0 aromatic rings. The van der Waals surface area contributed by atoms with Crippen molar-refractivity contribution in [3.63, 3.8) is 0 Å². The molecule has 0 aromatic carbocycles. The Hall–Kier alpha value is -0.790. The molecular formula is C17H32O2. The first-order valence-corrected chi connectivity index (χ1v) is 8.01. The third-order valence-corrected chi connectivity index (χ3v) is 3.36. The van der Waals surface area contributed by atoms with Gasteiger partial charge in [0.1, 0.15) is 0 Å². The van der Waals surface area contributed by atoms with Crippen LogP contribution in [-0.2, 0) is 9.53 Å². The standard InChI is InChI=1S/C17H32O2/c1-3-4-5-6-7-8-9-10-11-12-13-14-15-16-19-17(2)18/h3H,1,4-16H2,2H3. The number of carbonyl (C=O) groups is 1. The van der Waals surface area contributed by atoms with E-state index in [4.69, 9.17) is 4.74 Å². The molecule has 2 nitrogen and oxygen atoms in total. The molecule has 0 heterocycles. The number of allylic oxidation sites excluding steroid dienone is 1. The highest BCUT2D eigenvalue weighted by Gasteiger charge is 1.95. The maximum atomic E-state index is 10.5. The molecule has 19 heavy (non-hydrogen) atoms. The molecule has 0 saturated heterocycles. The van der Waals surface area contributed by atoms with E-state index in [2.05, 4.69) is 6.58 Å². The van der Waals surface area contributed by atoms with Crippen LogP contribution < -0.4 is 0 Å². The van der Waals surface area contributed by atoms with E-state index in [1.807, 2.05) is 6.08 Å². The highest BCUT2D eigenvalue weighted by molar-refractivity contribution is 5.65. The lowest BCUT2D eigenvalue weighted by molar-refractivity contribution is -0.141. The van der Waals surface area contributed by atoms with Crippen molar-refractivity contribution in [2.75, 3.05) is 6.61 Å². The first kappa shape index (κ1) is 18.2. The largest absolute Gasteiger partial charge is 0.466 e. The smallest absolute Gasteiger partial charge is 0.302 e. The summed E-state index contributed by atoms with van der Waals surface area (Å²) < 4.78 is 4.90. The lowest BCUT2D eigenvalue weighted by Gasteiger charge is -2.03. The van der Waals surface area contributed by atoms with Crippen LogP contribution in [0.25, 0.3) is 0 Å². The van der Waals surface area contributed by atoms with E-state index in [0.717, 1.165) is 6.42 Å². The summed E-state index contributed by atoms with van der Waals surface area (Å²) in [6.45, 7) is 5.81. The van der Waals surface area contributed by atoms with Gasteiger partial charge in [-0.1, -0.05) is 63.9 Å². The van der Waals surface area contributed by atoms with Crippen molar-refractivity contribution in [1.29, 1.82) is 0 Å². The first-order chi connectivity index (χ1) is 9.27. The van der Waals surface area contributed by atoms with Crippen LogP contribution in [0.15, 0.2) is 12.7 Å². The van der Waals surface area contributed by atoms with Crippen LogP contribution in [0, 0.1) is 0 Å². The SMILES string of the molecule is C=CCCCCCCCCCCCCCOC(C)=O. The van der Waals surface area contributed by atoms with Gasteiger partial charge in [0.25, 0.3) is 0 Å². The highest BCUT2D eigenvalue weighted by atomic mass is 16.5. The average Bonchev–Trinajstić information content (AvgIpc) is 2.39. The van der Waals surface area contributed by atoms with E-state index in [1.165, 1.54) is 77.6 Å². The van der Waals surface area contributed by atoms with Crippen molar-refractivity contribution < 1.29 is 9.53 Å². The molecule has 0 spiro atoms. The number of esters is 1. The van der Waals surface area contributed by atoms with Gasteiger partial charge in [0.15, 0.2) is 0 Å². The fraction of sp³-hybridized carbons (Fsp3) is 0.824. The van der Waals surface area contributed by atoms with Gasteiger partial charge in [-0.25, -0.2) is 0 Å². The quantitative estimate of drug-likeness (QED) is 0.239. The Labute approximate surface area is 119 Å². The minimum Gasteiger partial charge on any atom is -0.466 e. The van der Waals surface area contributed by atoms with Gasteiger partial charge in [-0.15, -0.1) is 6.58 Å². The Kier molecular flexibility index (Phi) is 14.6. The Bertz CT molecular complexity index is 211. The maximum absolute atomic E-state index is 10.5. The molecule has 0 N–H and O–H groups in total. The normalized spacial score (nSPS) is 10.4. The van der Waals surface area contributed by atoms with Crippen LogP contribution in [0.4, 0.5) is 0 Å². The van der Waals surface area contributed by atoms with Gasteiger partial charge in [0.05, 0.1) is 6.61 Å².